The highest BCUT2D eigenvalue weighted by Crippen LogP contribution is 2.39. The van der Waals surface area contributed by atoms with E-state index in [0.717, 1.165) is 21.0 Å². The van der Waals surface area contributed by atoms with E-state index >= 15 is 0 Å². The van der Waals surface area contributed by atoms with Crippen LogP contribution >= 0.6 is 0 Å². The molecule has 0 bridgehead atoms. The van der Waals surface area contributed by atoms with Crippen LogP contribution in [0.1, 0.15) is 30.0 Å². The quantitative estimate of drug-likeness (QED) is 0.756. The lowest BCUT2D eigenvalue weighted by molar-refractivity contribution is -0.144. The van der Waals surface area contributed by atoms with Crippen LogP contribution in [0.5, 0.6) is 0 Å². The molecule has 0 saturated heterocycles. The second kappa shape index (κ2) is 7.87. The predicted molar refractivity (Wildman–Crippen MR) is 110 cm³/mol. The average molecular weight is 416 g/mol. The number of sulfonamides is 1. The van der Waals surface area contributed by atoms with Crippen molar-refractivity contribution in [1.29, 1.82) is 0 Å². The van der Waals surface area contributed by atoms with Crippen LogP contribution in [0.25, 0.3) is 0 Å². The molecule has 1 N–H and O–H groups in total. The second-order valence-corrected chi connectivity index (χ2v) is 8.90. The van der Waals surface area contributed by atoms with Gasteiger partial charge in [-0.15, -0.1) is 0 Å². The van der Waals surface area contributed by atoms with Gasteiger partial charge in [-0.2, -0.15) is 0 Å². The van der Waals surface area contributed by atoms with Gasteiger partial charge in [0, 0.05) is 0 Å². The van der Waals surface area contributed by atoms with Gasteiger partial charge in [-0.25, -0.2) is 8.42 Å². The van der Waals surface area contributed by atoms with E-state index in [4.69, 9.17) is 4.74 Å². The summed E-state index contributed by atoms with van der Waals surface area (Å²) in [5, 5.41) is 2.74. The number of esters is 1. The van der Waals surface area contributed by atoms with Gasteiger partial charge in [0.15, 0.2) is 0 Å². The third kappa shape index (κ3) is 3.98. The average Bonchev–Trinajstić information content (AvgIpc) is 2.64. The summed E-state index contributed by atoms with van der Waals surface area (Å²) in [4.78, 5) is 25.0. The lowest BCUT2D eigenvalue weighted by Gasteiger charge is -2.37. The molecule has 2 aromatic carbocycles. The molecule has 3 rings (SSSR count). The molecular formula is C21H24N2O5S. The summed E-state index contributed by atoms with van der Waals surface area (Å²) in [6.45, 7) is 7.40. The first-order valence-corrected chi connectivity index (χ1v) is 10.8. The first kappa shape index (κ1) is 20.9. The third-order valence-corrected chi connectivity index (χ3v) is 6.77. The van der Waals surface area contributed by atoms with Crippen LogP contribution in [0.2, 0.25) is 0 Å². The zero-order valence-corrected chi connectivity index (χ0v) is 17.7. The molecule has 1 heterocycles. The highest BCUT2D eigenvalue weighted by Gasteiger charge is 2.42. The number of hydrogen-bond donors (Lipinski definition) is 1. The molecule has 2 aromatic rings. The van der Waals surface area contributed by atoms with Crippen molar-refractivity contribution in [3.05, 3.63) is 53.1 Å². The minimum atomic E-state index is -4.10. The molecule has 1 atom stereocenters. The fraction of sp³-hybridized carbons (Fsp3) is 0.333. The Morgan fingerprint density at radius 1 is 1.10 bits per heavy atom. The molecule has 1 amide bonds. The first-order chi connectivity index (χ1) is 13.6. The maximum atomic E-state index is 13.5. The Hall–Kier alpha value is -2.87. The Labute approximate surface area is 170 Å². The number of anilines is 2. The van der Waals surface area contributed by atoms with Gasteiger partial charge in [0.05, 0.1) is 29.3 Å². The van der Waals surface area contributed by atoms with Crippen LogP contribution < -0.4 is 9.62 Å². The predicted octanol–water partition coefficient (Wildman–Crippen LogP) is 3.08. The van der Waals surface area contributed by atoms with E-state index in [1.807, 2.05) is 20.8 Å². The Balaban J connectivity index is 2.18. The van der Waals surface area contributed by atoms with Crippen molar-refractivity contribution in [1.82, 2.24) is 0 Å². The van der Waals surface area contributed by atoms with Crippen LogP contribution in [0.3, 0.4) is 0 Å². The lowest BCUT2D eigenvalue weighted by atomic mass is 10.0. The zero-order valence-electron chi connectivity index (χ0n) is 16.9. The number of carbonyl (C=O) groups excluding carboxylic acids is 2. The van der Waals surface area contributed by atoms with Gasteiger partial charge in [-0.05, 0) is 63.1 Å². The zero-order chi connectivity index (χ0) is 21.3. The SMILES string of the molecule is CCOC(=O)CC1C(=O)Nc2cc(C)c(C)cc2N1S(=O)(=O)c1ccc(C)cc1. The van der Waals surface area contributed by atoms with Crippen molar-refractivity contribution in [2.75, 3.05) is 16.2 Å². The molecule has 0 fully saturated rings. The summed E-state index contributed by atoms with van der Waals surface area (Å²) < 4.78 is 33.1. The van der Waals surface area contributed by atoms with Crippen LogP contribution in [0.15, 0.2) is 41.3 Å². The van der Waals surface area contributed by atoms with Gasteiger partial charge in [-0.1, -0.05) is 17.7 Å². The number of carbonyl (C=O) groups is 2. The largest absolute Gasteiger partial charge is 0.466 e. The molecule has 8 heteroatoms. The fourth-order valence-electron chi connectivity index (χ4n) is 3.25. The van der Waals surface area contributed by atoms with E-state index in [1.165, 1.54) is 12.1 Å². The Bertz CT molecular complexity index is 1060. The van der Waals surface area contributed by atoms with E-state index in [-0.39, 0.29) is 17.9 Å². The summed E-state index contributed by atoms with van der Waals surface area (Å²) in [5.74, 6) is -1.20. The van der Waals surface area contributed by atoms with Crippen molar-refractivity contribution in [2.45, 2.75) is 45.1 Å². The number of hydrogen-bond acceptors (Lipinski definition) is 5. The second-order valence-electron chi connectivity index (χ2n) is 7.08. The monoisotopic (exact) mass is 416 g/mol. The van der Waals surface area contributed by atoms with Gasteiger partial charge in [0.1, 0.15) is 6.04 Å². The minimum Gasteiger partial charge on any atom is -0.466 e. The molecule has 154 valence electrons. The van der Waals surface area contributed by atoms with Crippen molar-refractivity contribution in [3.8, 4) is 0 Å². The number of benzene rings is 2. The summed E-state index contributed by atoms with van der Waals surface area (Å²) in [6.07, 6.45) is -0.378. The standard InChI is InChI=1S/C21H24N2O5S/c1-5-28-20(24)12-19-21(25)22-17-10-14(3)15(4)11-18(17)23(19)29(26,27)16-8-6-13(2)7-9-16/h6-11,19H,5,12H2,1-4H3,(H,22,25). The highest BCUT2D eigenvalue weighted by molar-refractivity contribution is 7.93. The number of fused-ring (bicyclic) bond motifs is 1. The summed E-state index contributed by atoms with van der Waals surface area (Å²) >= 11 is 0. The maximum Gasteiger partial charge on any atom is 0.308 e. The van der Waals surface area contributed by atoms with E-state index < -0.39 is 27.9 Å². The highest BCUT2D eigenvalue weighted by atomic mass is 32.2. The van der Waals surface area contributed by atoms with Crippen molar-refractivity contribution < 1.29 is 22.7 Å². The summed E-state index contributed by atoms with van der Waals surface area (Å²) in [7, 11) is -4.10. The number of nitrogens with zero attached hydrogens (tertiary/aromatic N) is 1. The lowest BCUT2D eigenvalue weighted by Crippen LogP contribution is -2.52. The number of aryl methyl sites for hydroxylation is 3. The molecule has 1 unspecified atom stereocenters. The van der Waals surface area contributed by atoms with Crippen LogP contribution in [-0.2, 0) is 24.3 Å². The van der Waals surface area contributed by atoms with Crippen molar-refractivity contribution in [3.63, 3.8) is 0 Å². The normalized spacial score (nSPS) is 16.2. The van der Waals surface area contributed by atoms with E-state index in [0.29, 0.717) is 11.4 Å². The molecule has 1 aliphatic rings. The molecular weight excluding hydrogens is 392 g/mol. The topological polar surface area (TPSA) is 92.8 Å². The molecule has 0 spiro atoms. The molecule has 0 saturated carbocycles. The van der Waals surface area contributed by atoms with Gasteiger partial charge < -0.3 is 10.1 Å². The van der Waals surface area contributed by atoms with Gasteiger partial charge in [0.25, 0.3) is 10.0 Å². The van der Waals surface area contributed by atoms with E-state index in [2.05, 4.69) is 5.32 Å². The first-order valence-electron chi connectivity index (χ1n) is 9.34. The Morgan fingerprint density at radius 2 is 1.72 bits per heavy atom. The Kier molecular flexibility index (Phi) is 5.66. The third-order valence-electron chi connectivity index (χ3n) is 4.94. The van der Waals surface area contributed by atoms with Crippen LogP contribution in [-0.4, -0.2) is 32.9 Å². The van der Waals surface area contributed by atoms with Crippen molar-refractivity contribution >= 4 is 33.3 Å². The van der Waals surface area contributed by atoms with Gasteiger partial charge >= 0.3 is 5.97 Å². The molecule has 1 aliphatic heterocycles. The van der Waals surface area contributed by atoms with Gasteiger partial charge in [0.2, 0.25) is 5.91 Å². The van der Waals surface area contributed by atoms with E-state index in [9.17, 15) is 18.0 Å². The minimum absolute atomic E-state index is 0.0517. The molecule has 29 heavy (non-hydrogen) atoms. The van der Waals surface area contributed by atoms with Crippen LogP contribution in [0.4, 0.5) is 11.4 Å². The fourth-order valence-corrected chi connectivity index (χ4v) is 4.87. The molecule has 7 nitrogen and oxygen atoms in total. The number of ether oxygens (including phenoxy) is 1. The molecule has 0 aromatic heterocycles. The Morgan fingerprint density at radius 3 is 2.34 bits per heavy atom. The van der Waals surface area contributed by atoms with Crippen molar-refractivity contribution in [2.24, 2.45) is 0 Å². The van der Waals surface area contributed by atoms with Gasteiger partial charge in [-0.3, -0.25) is 13.9 Å². The van der Waals surface area contributed by atoms with E-state index in [1.54, 1.807) is 31.2 Å². The summed E-state index contributed by atoms with van der Waals surface area (Å²) in [5.41, 5.74) is 3.44. The number of nitrogens with one attached hydrogen (secondary N) is 1. The smallest absolute Gasteiger partial charge is 0.308 e. The maximum absolute atomic E-state index is 13.5. The molecule has 0 aliphatic carbocycles. The van der Waals surface area contributed by atoms with Crippen LogP contribution in [0, 0.1) is 20.8 Å². The number of rotatable bonds is 5. The summed E-state index contributed by atoms with van der Waals surface area (Å²) in [6, 6.07) is 8.60. The molecule has 0 radical (unpaired) electrons. The number of amides is 1.